The van der Waals surface area contributed by atoms with Gasteiger partial charge in [-0.05, 0) is 6.32 Å². The summed E-state index contributed by atoms with van der Waals surface area (Å²) in [6.45, 7) is 0. The van der Waals surface area contributed by atoms with Gasteiger partial charge in [-0.2, -0.15) is 0 Å². The lowest BCUT2D eigenvalue weighted by Gasteiger charge is -1.65. The largest absolute Gasteiger partial charge is 0.304 e. The highest BCUT2D eigenvalue weighted by molar-refractivity contribution is 6.90. The first-order valence-corrected chi connectivity index (χ1v) is 1.39. The van der Waals surface area contributed by atoms with Crippen LogP contribution in [0.2, 0.25) is 6.32 Å². The van der Waals surface area contributed by atoms with Crippen LogP contribution in [0.5, 0.6) is 0 Å². The van der Waals surface area contributed by atoms with E-state index in [-0.39, 0.29) is 0 Å². The summed E-state index contributed by atoms with van der Waals surface area (Å²) in [6.07, 6.45) is 1.11. The molecule has 0 unspecified atom stereocenters. The molecule has 0 fully saturated rings. The van der Waals surface area contributed by atoms with Gasteiger partial charge in [0.2, 0.25) is 0 Å². The Morgan fingerprint density at radius 3 is 2.60 bits per heavy atom. The Morgan fingerprint density at radius 1 is 2.00 bits per heavy atom. The van der Waals surface area contributed by atoms with Gasteiger partial charge in [0.1, 0.15) is 6.29 Å². The second-order valence-electron chi connectivity index (χ2n) is 0.638. The average molecular weight is 64.7 g/mol. The van der Waals surface area contributed by atoms with Crippen LogP contribution in [0.3, 0.4) is 0 Å². The molecule has 0 saturated carbocycles. The topological polar surface area (TPSA) is 17.1 Å². The highest BCUT2D eigenvalue weighted by Crippen LogP contribution is 1.56. The first-order valence-electron chi connectivity index (χ1n) is 1.39. The fourth-order valence-electron chi connectivity index (χ4n) is 0.0556. The number of carbonyl (C=O) groups excluding carboxylic acids is 1. The number of aldehydes is 1. The van der Waals surface area contributed by atoms with Crippen LogP contribution in [-0.4, -0.2) is 21.2 Å². The van der Waals surface area contributed by atoms with Gasteiger partial charge in [-0.25, -0.2) is 0 Å². The molecule has 0 N–H and O–H groups in total. The lowest BCUT2D eigenvalue weighted by atomic mass is 9.54. The zero-order valence-electron chi connectivity index (χ0n) is 2.85. The van der Waals surface area contributed by atoms with Crippen molar-refractivity contribution in [1.29, 1.82) is 0 Å². The molecule has 0 aromatic rings. The van der Waals surface area contributed by atoms with Crippen LogP contribution in [0.4, 0.5) is 0 Å². The van der Waals surface area contributed by atoms with Gasteiger partial charge >= 0.3 is 0 Å². The van der Waals surface area contributed by atoms with Crippen molar-refractivity contribution in [3.63, 3.8) is 0 Å². The van der Waals surface area contributed by atoms with Gasteiger partial charge in [0, 0.05) is 7.74 Å². The number of rotatable bonds is 2. The van der Waals surface area contributed by atoms with Crippen molar-refractivity contribution >= 4 is 21.2 Å². The van der Waals surface area contributed by atoms with Crippen LogP contribution in [0.1, 0.15) is 0 Å². The second-order valence-corrected chi connectivity index (χ2v) is 0.638. The van der Waals surface area contributed by atoms with Crippen molar-refractivity contribution in [2.75, 3.05) is 0 Å². The van der Waals surface area contributed by atoms with E-state index in [1.807, 2.05) is 0 Å². The SMILES string of the molecule is [B][B]CC=O. The first kappa shape index (κ1) is 4.80. The molecule has 0 aromatic heterocycles. The van der Waals surface area contributed by atoms with Crippen LogP contribution in [0.15, 0.2) is 0 Å². The molecule has 0 aliphatic carbocycles. The van der Waals surface area contributed by atoms with Gasteiger partial charge in [0.15, 0.2) is 0 Å². The molecule has 0 spiro atoms. The van der Waals surface area contributed by atoms with E-state index in [9.17, 15) is 4.79 Å². The smallest absolute Gasteiger partial charge is 0.111 e. The Hall–Kier alpha value is -0.200. The van der Waals surface area contributed by atoms with E-state index in [1.54, 1.807) is 0 Å². The van der Waals surface area contributed by atoms with E-state index in [0.717, 1.165) is 6.29 Å². The van der Waals surface area contributed by atoms with Crippen LogP contribution in [-0.2, 0) is 4.79 Å². The van der Waals surface area contributed by atoms with Crippen molar-refractivity contribution in [1.82, 2.24) is 0 Å². The number of hydrogen-bond acceptors (Lipinski definition) is 1. The third-order valence-electron chi connectivity index (χ3n) is 0.232. The van der Waals surface area contributed by atoms with Crippen LogP contribution < -0.4 is 0 Å². The fraction of sp³-hybridized carbons (Fsp3) is 0.500. The zero-order chi connectivity index (χ0) is 4.12. The molecule has 0 atom stereocenters. The van der Waals surface area contributed by atoms with Crippen molar-refractivity contribution in [2.45, 2.75) is 6.32 Å². The van der Waals surface area contributed by atoms with Crippen molar-refractivity contribution < 1.29 is 4.79 Å². The van der Waals surface area contributed by atoms with E-state index in [0.29, 0.717) is 6.32 Å². The fourth-order valence-corrected chi connectivity index (χ4v) is 0.0556. The molecule has 3 heteroatoms. The highest BCUT2D eigenvalue weighted by Gasteiger charge is 1.69. The summed E-state index contributed by atoms with van der Waals surface area (Å²) in [6, 6.07) is 0. The van der Waals surface area contributed by atoms with Crippen molar-refractivity contribution in [3.8, 4) is 0 Å². The van der Waals surface area contributed by atoms with E-state index in [4.69, 9.17) is 7.74 Å². The standard InChI is InChI=1S/C2H3B2O/c3-4-1-2-5/h2H,1H2. The Kier molecular flexibility index (Phi) is 3.65. The molecule has 0 rings (SSSR count). The third-order valence-corrected chi connectivity index (χ3v) is 0.232. The summed E-state index contributed by atoms with van der Waals surface area (Å²) in [5.41, 5.74) is 0. The summed E-state index contributed by atoms with van der Waals surface area (Å²) in [5, 5.41) is 0. The monoisotopic (exact) mass is 65.0 g/mol. The first-order chi connectivity index (χ1) is 2.41. The minimum Gasteiger partial charge on any atom is -0.304 e. The maximum Gasteiger partial charge on any atom is 0.111 e. The van der Waals surface area contributed by atoms with Gasteiger partial charge < -0.3 is 4.79 Å². The predicted octanol–water partition coefficient (Wildman–Crippen LogP) is -0.609. The summed E-state index contributed by atoms with van der Waals surface area (Å²) in [4.78, 5) is 9.29. The van der Waals surface area contributed by atoms with E-state index < -0.39 is 0 Å². The minimum atomic E-state index is 0.361. The molecule has 3 radical (unpaired) electrons. The third kappa shape index (κ3) is 3.80. The molecule has 23 valence electrons. The van der Waals surface area contributed by atoms with Crippen molar-refractivity contribution in [3.05, 3.63) is 0 Å². The Morgan fingerprint density at radius 2 is 2.60 bits per heavy atom. The Bertz CT molecular complexity index is 28.8. The molecule has 0 bridgehead atoms. The van der Waals surface area contributed by atoms with Crippen LogP contribution in [0, 0.1) is 0 Å². The summed E-state index contributed by atoms with van der Waals surface area (Å²) in [7, 11) is 6.10. The van der Waals surface area contributed by atoms with Gasteiger partial charge in [-0.15, -0.1) is 0 Å². The van der Waals surface area contributed by atoms with Crippen LogP contribution >= 0.6 is 0 Å². The Balaban J connectivity index is 2.40. The van der Waals surface area contributed by atoms with E-state index >= 15 is 0 Å². The van der Waals surface area contributed by atoms with Gasteiger partial charge in [0.05, 0.1) is 7.17 Å². The molecule has 0 aliphatic rings. The molecule has 0 saturated heterocycles. The normalized spacial score (nSPS) is 6.40. The Labute approximate surface area is 33.4 Å². The molecular formula is C2H3B2O. The number of carbonyl (C=O) groups is 1. The summed E-state index contributed by atoms with van der Waals surface area (Å²) in [5.74, 6) is 0. The molecular weight excluding hydrogens is 61.6 g/mol. The molecule has 0 aliphatic heterocycles. The van der Waals surface area contributed by atoms with E-state index in [2.05, 4.69) is 0 Å². The maximum atomic E-state index is 9.29. The van der Waals surface area contributed by atoms with Crippen LogP contribution in [0.25, 0.3) is 0 Å². The van der Waals surface area contributed by atoms with Crippen molar-refractivity contribution in [2.24, 2.45) is 0 Å². The average Bonchev–Trinajstić information content (AvgIpc) is 1.41. The quantitative estimate of drug-likeness (QED) is 0.309. The molecule has 0 aromatic carbocycles. The minimum absolute atomic E-state index is 0.361. The second kappa shape index (κ2) is 3.80. The zero-order valence-corrected chi connectivity index (χ0v) is 2.85. The molecule has 0 heterocycles. The summed E-state index contributed by atoms with van der Waals surface area (Å²) >= 11 is 0. The summed E-state index contributed by atoms with van der Waals surface area (Å²) < 4.78 is 0. The predicted molar refractivity (Wildman–Crippen MR) is 22.4 cm³/mol. The lowest BCUT2D eigenvalue weighted by Crippen LogP contribution is -1.85. The maximum absolute atomic E-state index is 9.29. The molecule has 5 heavy (non-hydrogen) atoms. The molecule has 0 amide bonds. The van der Waals surface area contributed by atoms with Gasteiger partial charge in [0.25, 0.3) is 0 Å². The van der Waals surface area contributed by atoms with E-state index in [1.165, 1.54) is 7.17 Å². The number of hydrogen-bond donors (Lipinski definition) is 0. The highest BCUT2D eigenvalue weighted by atomic mass is 16.1. The molecule has 1 nitrogen and oxygen atoms in total. The van der Waals surface area contributed by atoms with Gasteiger partial charge in [-0.1, -0.05) is 0 Å². The van der Waals surface area contributed by atoms with Gasteiger partial charge in [-0.3, -0.25) is 0 Å². The lowest BCUT2D eigenvalue weighted by molar-refractivity contribution is -0.106.